The summed E-state index contributed by atoms with van der Waals surface area (Å²) in [6.07, 6.45) is 7.94. The highest BCUT2D eigenvalue weighted by Gasteiger charge is 2.39. The molecule has 2 fully saturated rings. The predicted octanol–water partition coefficient (Wildman–Crippen LogP) is 3.57. The largest absolute Gasteiger partial charge is 0.322 e. The zero-order valence-corrected chi connectivity index (χ0v) is 19.7. The number of hydrogen-bond acceptors (Lipinski definition) is 4. The van der Waals surface area contributed by atoms with Gasteiger partial charge in [-0.15, -0.1) is 0 Å². The molecule has 4 rings (SSSR count). The lowest BCUT2D eigenvalue weighted by atomic mass is 9.80. The molecule has 2 heterocycles. The Labute approximate surface area is 191 Å². The van der Waals surface area contributed by atoms with Gasteiger partial charge in [-0.2, -0.15) is 0 Å². The highest BCUT2D eigenvalue weighted by atomic mass is 16.2. The maximum atomic E-state index is 12.9. The van der Waals surface area contributed by atoms with E-state index in [1.165, 1.54) is 37.7 Å². The molecule has 1 aromatic rings. The third-order valence-corrected chi connectivity index (χ3v) is 7.28. The predicted molar refractivity (Wildman–Crippen MR) is 124 cm³/mol. The Morgan fingerprint density at radius 2 is 1.88 bits per heavy atom. The Morgan fingerprint density at radius 1 is 1.09 bits per heavy atom. The number of carbonyl (C=O) groups excluding carboxylic acids is 3. The van der Waals surface area contributed by atoms with E-state index in [1.807, 2.05) is 6.07 Å². The second-order valence-corrected chi connectivity index (χ2v) is 11.0. The van der Waals surface area contributed by atoms with Crippen molar-refractivity contribution in [3.05, 3.63) is 34.9 Å². The Balaban J connectivity index is 1.41. The van der Waals surface area contributed by atoms with Crippen LogP contribution in [0, 0.1) is 11.3 Å². The van der Waals surface area contributed by atoms with Crippen LogP contribution in [0.5, 0.6) is 0 Å². The van der Waals surface area contributed by atoms with E-state index in [-0.39, 0.29) is 24.1 Å². The lowest BCUT2D eigenvalue weighted by molar-refractivity contribution is -0.136. The number of fused-ring (bicyclic) bond motifs is 1. The van der Waals surface area contributed by atoms with Gasteiger partial charge < -0.3 is 10.2 Å². The Hall–Kier alpha value is -2.21. The first-order valence-corrected chi connectivity index (χ1v) is 12.2. The van der Waals surface area contributed by atoms with E-state index in [9.17, 15) is 14.4 Å². The fraction of sp³-hybridized carbons (Fsp3) is 0.654. The molecule has 0 radical (unpaired) electrons. The van der Waals surface area contributed by atoms with Crippen LogP contribution in [-0.4, -0.2) is 41.2 Å². The molecule has 3 aliphatic rings. The van der Waals surface area contributed by atoms with E-state index < -0.39 is 6.04 Å². The second-order valence-electron chi connectivity index (χ2n) is 11.0. The summed E-state index contributed by atoms with van der Waals surface area (Å²) in [6, 6.07) is 6.20. The molecule has 3 atom stereocenters. The maximum absolute atomic E-state index is 12.9. The molecule has 6 heteroatoms. The van der Waals surface area contributed by atoms with Gasteiger partial charge in [0.05, 0.1) is 0 Å². The molecule has 174 valence electrons. The topological polar surface area (TPSA) is 78.5 Å². The molecule has 0 aromatic heterocycles. The van der Waals surface area contributed by atoms with Crippen LogP contribution in [0.25, 0.3) is 0 Å². The molecule has 1 aliphatic carbocycles. The van der Waals surface area contributed by atoms with E-state index in [2.05, 4.69) is 43.5 Å². The van der Waals surface area contributed by atoms with Crippen molar-refractivity contribution in [1.29, 1.82) is 0 Å². The highest BCUT2D eigenvalue weighted by Crippen LogP contribution is 2.32. The first-order valence-electron chi connectivity index (χ1n) is 12.2. The lowest BCUT2D eigenvalue weighted by Gasteiger charge is -2.33. The van der Waals surface area contributed by atoms with Gasteiger partial charge in [0.15, 0.2) is 0 Å². The van der Waals surface area contributed by atoms with Crippen LogP contribution in [0.1, 0.15) is 87.2 Å². The fourth-order valence-electron chi connectivity index (χ4n) is 5.41. The van der Waals surface area contributed by atoms with E-state index in [4.69, 9.17) is 0 Å². The van der Waals surface area contributed by atoms with Gasteiger partial charge in [0, 0.05) is 24.6 Å². The number of rotatable bonds is 6. The number of benzene rings is 1. The van der Waals surface area contributed by atoms with Crippen molar-refractivity contribution >= 4 is 17.7 Å². The average molecular weight is 440 g/mol. The first kappa shape index (κ1) is 23.0. The van der Waals surface area contributed by atoms with Gasteiger partial charge in [-0.1, -0.05) is 45.7 Å². The van der Waals surface area contributed by atoms with Crippen molar-refractivity contribution in [2.45, 2.75) is 90.8 Å². The fourth-order valence-corrected chi connectivity index (χ4v) is 5.41. The van der Waals surface area contributed by atoms with Crippen molar-refractivity contribution < 1.29 is 14.4 Å². The van der Waals surface area contributed by atoms with Crippen LogP contribution in [0.4, 0.5) is 0 Å². The summed E-state index contributed by atoms with van der Waals surface area (Å²) < 4.78 is 0. The Kier molecular flexibility index (Phi) is 6.70. The molecule has 1 aromatic carbocycles. The maximum Gasteiger partial charge on any atom is 0.255 e. The SMILES string of the molecule is CC(C)(C)CCN[C@H]1CCCC[C@@H]1Cc1ccc2c(c1)CN(C1CCC(=O)NC1=O)C2=O. The Bertz CT molecular complexity index is 889. The first-order chi connectivity index (χ1) is 15.2. The number of piperidine rings is 1. The third kappa shape index (κ3) is 5.22. The van der Waals surface area contributed by atoms with Crippen LogP contribution in [0.3, 0.4) is 0 Å². The minimum atomic E-state index is -0.550. The molecule has 0 bridgehead atoms. The lowest BCUT2D eigenvalue weighted by Crippen LogP contribution is -2.52. The van der Waals surface area contributed by atoms with Gasteiger partial charge in [-0.25, -0.2) is 0 Å². The third-order valence-electron chi connectivity index (χ3n) is 7.28. The molecule has 1 unspecified atom stereocenters. The minimum absolute atomic E-state index is 0.0968. The van der Waals surface area contributed by atoms with Crippen LogP contribution in [0.2, 0.25) is 0 Å². The van der Waals surface area contributed by atoms with Crippen LogP contribution in [0.15, 0.2) is 18.2 Å². The number of nitrogens with one attached hydrogen (secondary N) is 2. The molecule has 6 nitrogen and oxygen atoms in total. The highest BCUT2D eigenvalue weighted by molar-refractivity contribution is 6.05. The number of amides is 3. The molecule has 32 heavy (non-hydrogen) atoms. The van der Waals surface area contributed by atoms with E-state index in [0.717, 1.165) is 18.5 Å². The van der Waals surface area contributed by atoms with Gasteiger partial charge in [0.2, 0.25) is 11.8 Å². The van der Waals surface area contributed by atoms with Crippen molar-refractivity contribution in [2.24, 2.45) is 11.3 Å². The van der Waals surface area contributed by atoms with Gasteiger partial charge >= 0.3 is 0 Å². The second kappa shape index (κ2) is 9.34. The smallest absolute Gasteiger partial charge is 0.255 e. The summed E-state index contributed by atoms with van der Waals surface area (Å²) in [4.78, 5) is 38.3. The van der Waals surface area contributed by atoms with Crippen LogP contribution >= 0.6 is 0 Å². The monoisotopic (exact) mass is 439 g/mol. The number of nitrogens with zero attached hydrogens (tertiary/aromatic N) is 1. The molecule has 1 saturated carbocycles. The number of hydrogen-bond donors (Lipinski definition) is 2. The normalized spacial score (nSPS) is 26.3. The average Bonchev–Trinajstić information content (AvgIpc) is 3.04. The zero-order valence-electron chi connectivity index (χ0n) is 19.7. The van der Waals surface area contributed by atoms with E-state index in [0.29, 0.717) is 35.9 Å². The van der Waals surface area contributed by atoms with E-state index >= 15 is 0 Å². The quantitative estimate of drug-likeness (QED) is 0.664. The van der Waals surface area contributed by atoms with Crippen molar-refractivity contribution in [1.82, 2.24) is 15.5 Å². The minimum Gasteiger partial charge on any atom is -0.322 e. The molecule has 2 aliphatic heterocycles. The molecule has 0 spiro atoms. The summed E-state index contributed by atoms with van der Waals surface area (Å²) in [5, 5.41) is 6.20. The summed E-state index contributed by atoms with van der Waals surface area (Å²) in [5.74, 6) is -0.0876. The number of carbonyl (C=O) groups is 3. The molecule has 3 amide bonds. The summed E-state index contributed by atoms with van der Waals surface area (Å²) in [6.45, 7) is 8.38. The molecule has 2 N–H and O–H groups in total. The van der Waals surface area contributed by atoms with E-state index in [1.54, 1.807) is 4.90 Å². The summed E-state index contributed by atoms with van der Waals surface area (Å²) >= 11 is 0. The van der Waals surface area contributed by atoms with Crippen molar-refractivity contribution in [3.8, 4) is 0 Å². The zero-order chi connectivity index (χ0) is 22.9. The van der Waals surface area contributed by atoms with Gasteiger partial charge in [-0.3, -0.25) is 19.7 Å². The van der Waals surface area contributed by atoms with Crippen LogP contribution in [-0.2, 0) is 22.6 Å². The Morgan fingerprint density at radius 3 is 2.62 bits per heavy atom. The van der Waals surface area contributed by atoms with Crippen molar-refractivity contribution in [3.63, 3.8) is 0 Å². The summed E-state index contributed by atoms with van der Waals surface area (Å²) in [5.41, 5.74) is 3.32. The van der Waals surface area contributed by atoms with Crippen LogP contribution < -0.4 is 10.6 Å². The molecular formula is C26H37N3O3. The van der Waals surface area contributed by atoms with Gasteiger partial charge in [0.1, 0.15) is 6.04 Å². The van der Waals surface area contributed by atoms with Gasteiger partial charge in [-0.05, 0) is 67.2 Å². The molecular weight excluding hydrogens is 402 g/mol. The summed E-state index contributed by atoms with van der Waals surface area (Å²) in [7, 11) is 0. The molecule has 1 saturated heterocycles. The standard InChI is InChI=1S/C26H37N3O3/c1-26(2,3)12-13-27-21-7-5-4-6-18(21)14-17-8-9-20-19(15-17)16-29(25(20)32)22-10-11-23(30)28-24(22)31/h8-9,15,18,21-22,27H,4-7,10-14,16H2,1-3H3,(H,28,30,31)/t18-,21+,22?/m1/s1. The van der Waals surface area contributed by atoms with Gasteiger partial charge in [0.25, 0.3) is 5.91 Å². The van der Waals surface area contributed by atoms with Crippen molar-refractivity contribution in [2.75, 3.05) is 6.54 Å². The number of imide groups is 1.